The van der Waals surface area contributed by atoms with Crippen LogP contribution in [-0.2, 0) is 12.1 Å². The molecule has 4 aliphatic rings. The summed E-state index contributed by atoms with van der Waals surface area (Å²) in [6.45, 7) is 0.114. The predicted molar refractivity (Wildman–Crippen MR) is 126 cm³/mol. The van der Waals surface area contributed by atoms with Crippen LogP contribution in [0.4, 0.5) is 15.9 Å². The normalized spacial score (nSPS) is 26.7. The van der Waals surface area contributed by atoms with Crippen molar-refractivity contribution in [2.75, 3.05) is 5.32 Å². The van der Waals surface area contributed by atoms with E-state index >= 15 is 0 Å². The van der Waals surface area contributed by atoms with E-state index in [1.165, 1.54) is 42.4 Å². The molecule has 11 heteroatoms. The molecule has 3 aromatic rings. The SMILES string of the molecule is O=C(Nc1nn(Cc2ccccc2F)cc1Cl)c1nn(C23CC4CC(CC(C4)C2)C3)cc1[N+](=O)[O-]. The standard InChI is InChI=1S/C24H24ClFN6O3/c25-18-12-30(11-17-3-1-2-4-19(17)26)29-22(18)27-23(33)21-20(32(34)35)13-31(28-21)24-8-14-5-15(9-24)7-16(6-14)10-24/h1-4,12-16H,5-11H2,(H,27,29,33). The summed E-state index contributed by atoms with van der Waals surface area (Å²) in [5.74, 6) is 0.775. The van der Waals surface area contributed by atoms with Gasteiger partial charge in [0, 0.05) is 11.8 Å². The van der Waals surface area contributed by atoms with Crippen molar-refractivity contribution >= 4 is 29.0 Å². The molecule has 1 N–H and O–H groups in total. The summed E-state index contributed by atoms with van der Waals surface area (Å²) in [6, 6.07) is 6.29. The monoisotopic (exact) mass is 498 g/mol. The average Bonchev–Trinajstić information content (AvgIpc) is 3.39. The van der Waals surface area contributed by atoms with E-state index in [1.54, 1.807) is 22.9 Å². The third kappa shape index (κ3) is 3.89. The molecule has 35 heavy (non-hydrogen) atoms. The van der Waals surface area contributed by atoms with Gasteiger partial charge in [-0.2, -0.15) is 10.2 Å². The van der Waals surface area contributed by atoms with Crippen molar-refractivity contribution in [3.63, 3.8) is 0 Å². The average molecular weight is 499 g/mol. The first-order valence-electron chi connectivity index (χ1n) is 11.8. The number of halogens is 2. The molecule has 0 aliphatic heterocycles. The molecular weight excluding hydrogens is 475 g/mol. The van der Waals surface area contributed by atoms with Crippen LogP contribution in [0.5, 0.6) is 0 Å². The third-order valence-electron chi connectivity index (χ3n) is 7.84. The fourth-order valence-electron chi connectivity index (χ4n) is 6.78. The number of amides is 1. The summed E-state index contributed by atoms with van der Waals surface area (Å²) in [6.07, 6.45) is 9.41. The Kier molecular flexibility index (Phi) is 5.17. The van der Waals surface area contributed by atoms with Crippen molar-refractivity contribution in [1.82, 2.24) is 19.6 Å². The van der Waals surface area contributed by atoms with Gasteiger partial charge in [-0.1, -0.05) is 29.8 Å². The van der Waals surface area contributed by atoms with Crippen LogP contribution in [0.1, 0.15) is 54.6 Å². The highest BCUT2D eigenvalue weighted by Crippen LogP contribution is 2.58. The second kappa shape index (κ2) is 8.15. The van der Waals surface area contributed by atoms with Gasteiger partial charge in [0.05, 0.1) is 17.0 Å². The Morgan fingerprint density at radius 1 is 1.14 bits per heavy atom. The third-order valence-corrected chi connectivity index (χ3v) is 8.11. The van der Waals surface area contributed by atoms with Gasteiger partial charge < -0.3 is 5.32 Å². The number of nitro groups is 1. The van der Waals surface area contributed by atoms with Crippen molar-refractivity contribution in [1.29, 1.82) is 0 Å². The largest absolute Gasteiger partial charge is 0.320 e. The first kappa shape index (κ1) is 22.2. The number of hydrogen-bond donors (Lipinski definition) is 1. The number of benzene rings is 1. The molecule has 4 aliphatic carbocycles. The van der Waals surface area contributed by atoms with Gasteiger partial charge in [0.25, 0.3) is 5.91 Å². The number of hydrogen-bond acceptors (Lipinski definition) is 5. The van der Waals surface area contributed by atoms with Crippen LogP contribution in [-0.4, -0.2) is 30.4 Å². The molecule has 4 fully saturated rings. The van der Waals surface area contributed by atoms with Gasteiger partial charge in [-0.05, 0) is 62.3 Å². The van der Waals surface area contributed by atoms with Crippen molar-refractivity contribution in [3.8, 4) is 0 Å². The molecule has 0 saturated heterocycles. The van der Waals surface area contributed by atoms with E-state index in [9.17, 15) is 19.3 Å². The molecule has 1 amide bonds. The first-order valence-corrected chi connectivity index (χ1v) is 12.2. The maximum Gasteiger partial charge on any atom is 0.320 e. The lowest BCUT2D eigenvalue weighted by atomic mass is 9.53. The van der Waals surface area contributed by atoms with Gasteiger partial charge in [-0.15, -0.1) is 0 Å². The van der Waals surface area contributed by atoms with Crippen LogP contribution in [0.2, 0.25) is 5.02 Å². The van der Waals surface area contributed by atoms with E-state index < -0.39 is 10.8 Å². The Balaban J connectivity index is 1.26. The highest BCUT2D eigenvalue weighted by atomic mass is 35.5. The zero-order valence-electron chi connectivity index (χ0n) is 18.9. The molecule has 7 rings (SSSR count). The van der Waals surface area contributed by atoms with Crippen molar-refractivity contribution in [2.45, 2.75) is 50.6 Å². The second-order valence-corrected chi connectivity index (χ2v) is 10.7. The Hall–Kier alpha value is -3.27. The van der Waals surface area contributed by atoms with Crippen LogP contribution in [0.15, 0.2) is 36.7 Å². The lowest BCUT2D eigenvalue weighted by molar-refractivity contribution is -0.385. The van der Waals surface area contributed by atoms with E-state index in [4.69, 9.17) is 11.6 Å². The number of anilines is 1. The highest BCUT2D eigenvalue weighted by molar-refractivity contribution is 6.33. The topological polar surface area (TPSA) is 108 Å². The van der Waals surface area contributed by atoms with E-state index in [0.717, 1.165) is 19.3 Å². The molecule has 1 aromatic carbocycles. The fourth-order valence-corrected chi connectivity index (χ4v) is 6.98. The van der Waals surface area contributed by atoms with Crippen molar-refractivity contribution in [2.24, 2.45) is 17.8 Å². The van der Waals surface area contributed by atoms with Gasteiger partial charge >= 0.3 is 5.69 Å². The number of carbonyl (C=O) groups is 1. The van der Waals surface area contributed by atoms with E-state index in [2.05, 4.69) is 15.5 Å². The van der Waals surface area contributed by atoms with Gasteiger partial charge in [0.2, 0.25) is 5.69 Å². The molecule has 2 aromatic heterocycles. The summed E-state index contributed by atoms with van der Waals surface area (Å²) in [5, 5.41) is 23.2. The maximum atomic E-state index is 14.0. The minimum atomic E-state index is -0.752. The predicted octanol–water partition coefficient (Wildman–Crippen LogP) is 5.01. The number of carbonyl (C=O) groups excluding carboxylic acids is 1. The molecule has 4 bridgehead atoms. The Morgan fingerprint density at radius 2 is 1.80 bits per heavy atom. The molecule has 2 heterocycles. The van der Waals surface area contributed by atoms with E-state index in [0.29, 0.717) is 23.3 Å². The van der Waals surface area contributed by atoms with E-state index in [-0.39, 0.29) is 40.1 Å². The molecule has 0 unspecified atom stereocenters. The number of nitrogens with one attached hydrogen (secondary N) is 1. The summed E-state index contributed by atoms with van der Waals surface area (Å²) >= 11 is 6.25. The lowest BCUT2D eigenvalue weighted by Crippen LogP contribution is -2.52. The Morgan fingerprint density at radius 3 is 2.43 bits per heavy atom. The summed E-state index contributed by atoms with van der Waals surface area (Å²) in [5.41, 5.74) is -0.433. The van der Waals surface area contributed by atoms with E-state index in [1.807, 2.05) is 0 Å². The highest BCUT2D eigenvalue weighted by Gasteiger charge is 2.53. The van der Waals surface area contributed by atoms with Gasteiger partial charge in [-0.3, -0.25) is 24.3 Å². The molecular formula is C24H24ClFN6O3. The Labute approximate surface area is 205 Å². The summed E-state index contributed by atoms with van der Waals surface area (Å²) in [7, 11) is 0. The van der Waals surface area contributed by atoms with Crippen LogP contribution in [0.3, 0.4) is 0 Å². The van der Waals surface area contributed by atoms with Crippen LogP contribution in [0.25, 0.3) is 0 Å². The zero-order valence-corrected chi connectivity index (χ0v) is 19.6. The van der Waals surface area contributed by atoms with Crippen molar-refractivity contribution in [3.05, 3.63) is 68.9 Å². The van der Waals surface area contributed by atoms with Gasteiger partial charge in [0.15, 0.2) is 5.82 Å². The number of rotatable bonds is 6. The molecule has 9 nitrogen and oxygen atoms in total. The van der Waals surface area contributed by atoms with Crippen LogP contribution < -0.4 is 5.32 Å². The number of nitrogens with zero attached hydrogens (tertiary/aromatic N) is 5. The van der Waals surface area contributed by atoms with Gasteiger partial charge in [0.1, 0.15) is 17.0 Å². The Bertz CT molecular complexity index is 1300. The maximum absolute atomic E-state index is 14.0. The lowest BCUT2D eigenvalue weighted by Gasteiger charge is -2.56. The quantitative estimate of drug-likeness (QED) is 0.380. The minimum Gasteiger partial charge on any atom is -0.302 e. The fraction of sp³-hybridized carbons (Fsp3) is 0.458. The van der Waals surface area contributed by atoms with Crippen molar-refractivity contribution < 1.29 is 14.1 Å². The molecule has 0 spiro atoms. The summed E-state index contributed by atoms with van der Waals surface area (Å²) in [4.78, 5) is 24.3. The van der Waals surface area contributed by atoms with Crippen LogP contribution >= 0.6 is 11.6 Å². The second-order valence-electron chi connectivity index (χ2n) is 10.3. The number of aromatic nitrogens is 4. The summed E-state index contributed by atoms with van der Waals surface area (Å²) < 4.78 is 17.1. The molecule has 0 atom stereocenters. The van der Waals surface area contributed by atoms with Gasteiger partial charge in [-0.25, -0.2) is 4.39 Å². The molecule has 0 radical (unpaired) electrons. The smallest absolute Gasteiger partial charge is 0.302 e. The molecule has 182 valence electrons. The van der Waals surface area contributed by atoms with Crippen LogP contribution in [0, 0.1) is 33.7 Å². The first-order chi connectivity index (χ1) is 16.8. The zero-order chi connectivity index (χ0) is 24.3. The minimum absolute atomic E-state index is 0.0339. The molecule has 4 saturated carbocycles.